The van der Waals surface area contributed by atoms with E-state index in [1.165, 1.54) is 0 Å². The first-order chi connectivity index (χ1) is 2.41. The van der Waals surface area contributed by atoms with Gasteiger partial charge in [-0.25, -0.2) is 0 Å². The van der Waals surface area contributed by atoms with E-state index in [2.05, 4.69) is 0 Å². The molecule has 41 valence electrons. The Hall–Kier alpha value is 0.774. The second-order valence-electron chi connectivity index (χ2n) is 0.955. The third-order valence-electron chi connectivity index (χ3n) is 0.407. The van der Waals surface area contributed by atoms with Crippen LogP contribution < -0.4 is 0 Å². The van der Waals surface area contributed by atoms with Crippen LogP contribution in [0, 0.1) is 7.43 Å². The Labute approximate surface area is 70.8 Å². The van der Waals surface area contributed by atoms with Gasteiger partial charge in [-0.3, -0.25) is 0 Å². The maximum Gasteiger partial charge on any atom is 0.119 e. The summed E-state index contributed by atoms with van der Waals surface area (Å²) in [5.41, 5.74) is 0. The Bertz CT molecular complexity index is 29.3. The van der Waals surface area contributed by atoms with Crippen molar-refractivity contribution >= 4 is 6.29 Å². The van der Waals surface area contributed by atoms with Gasteiger partial charge in [0.15, 0.2) is 0 Å². The molecule has 0 aromatic rings. The molecular weight excluding hydrogens is 165 g/mol. The molecule has 0 aliphatic rings. The van der Waals surface area contributed by atoms with Crippen LogP contribution >= 0.6 is 0 Å². The molecule has 1 radical (unpaired) electrons. The minimum atomic E-state index is 0. The summed E-state index contributed by atoms with van der Waals surface area (Å²) in [6, 6.07) is 0. The Morgan fingerprint density at radius 3 is 2.00 bits per heavy atom. The zero-order valence-electron chi connectivity index (χ0n) is 4.98. The van der Waals surface area contributed by atoms with Crippen molar-refractivity contribution in [2.75, 3.05) is 0 Å². The first-order valence-corrected chi connectivity index (χ1v) is 1.85. The fraction of sp³-hybridized carbons (Fsp3) is 0.600. The summed E-state index contributed by atoms with van der Waals surface area (Å²) in [4.78, 5) is 9.40. The standard InChI is InChI=1S/C4H8O.CH3.Y/c1-2-3-4-5;;/h4H,2-3H2,1H3;1H3;/q;-1;. The van der Waals surface area contributed by atoms with E-state index in [0.717, 1.165) is 12.7 Å². The molecule has 0 amide bonds. The molecule has 7 heavy (non-hydrogen) atoms. The predicted molar refractivity (Wildman–Crippen MR) is 27.4 cm³/mol. The van der Waals surface area contributed by atoms with Crippen molar-refractivity contribution in [3.8, 4) is 0 Å². The molecule has 2 heteroatoms. The molecule has 0 aromatic heterocycles. The van der Waals surface area contributed by atoms with Crippen LogP contribution in [-0.2, 0) is 37.5 Å². The van der Waals surface area contributed by atoms with Gasteiger partial charge in [0.2, 0.25) is 0 Å². The largest absolute Gasteiger partial charge is 0.358 e. The quantitative estimate of drug-likeness (QED) is 0.459. The van der Waals surface area contributed by atoms with E-state index >= 15 is 0 Å². The molecule has 0 fully saturated rings. The van der Waals surface area contributed by atoms with Crippen LogP contribution in [-0.4, -0.2) is 6.29 Å². The van der Waals surface area contributed by atoms with Crippen LogP contribution in [0.3, 0.4) is 0 Å². The molecule has 0 atom stereocenters. The van der Waals surface area contributed by atoms with Crippen LogP contribution in [0.1, 0.15) is 19.8 Å². The first-order valence-electron chi connectivity index (χ1n) is 1.85. The smallest absolute Gasteiger partial charge is 0.119 e. The van der Waals surface area contributed by atoms with Crippen molar-refractivity contribution in [3.63, 3.8) is 0 Å². The Morgan fingerprint density at radius 1 is 1.57 bits per heavy atom. The molecule has 0 heterocycles. The summed E-state index contributed by atoms with van der Waals surface area (Å²) in [5.74, 6) is 0. The number of rotatable bonds is 2. The topological polar surface area (TPSA) is 17.1 Å². The fourth-order valence-corrected chi connectivity index (χ4v) is 0.118. The molecule has 0 aliphatic carbocycles. The average Bonchev–Trinajstić information content (AvgIpc) is 1.41. The molecule has 0 spiro atoms. The van der Waals surface area contributed by atoms with E-state index in [-0.39, 0.29) is 40.1 Å². The van der Waals surface area contributed by atoms with Gasteiger partial charge in [0.1, 0.15) is 6.29 Å². The van der Waals surface area contributed by atoms with Gasteiger partial charge >= 0.3 is 0 Å². The van der Waals surface area contributed by atoms with Crippen molar-refractivity contribution < 1.29 is 37.5 Å². The molecule has 0 saturated carbocycles. The van der Waals surface area contributed by atoms with Gasteiger partial charge in [0.05, 0.1) is 0 Å². The SMILES string of the molecule is CCCC=O.[CH3-].[Y]. The second kappa shape index (κ2) is 15.9. The predicted octanol–water partition coefficient (Wildman–Crippen LogP) is 1.43. The van der Waals surface area contributed by atoms with Crippen molar-refractivity contribution in [1.29, 1.82) is 0 Å². The fourth-order valence-electron chi connectivity index (χ4n) is 0.118. The average molecular weight is 176 g/mol. The summed E-state index contributed by atoms with van der Waals surface area (Å²) < 4.78 is 0. The van der Waals surface area contributed by atoms with Crippen LogP contribution in [0.25, 0.3) is 0 Å². The third-order valence-corrected chi connectivity index (χ3v) is 0.407. The summed E-state index contributed by atoms with van der Waals surface area (Å²) >= 11 is 0. The second-order valence-corrected chi connectivity index (χ2v) is 0.955. The molecule has 0 rings (SSSR count). The molecule has 0 N–H and O–H groups in total. The molecule has 0 aliphatic heterocycles. The maximum absolute atomic E-state index is 9.40. The molecule has 1 nitrogen and oxygen atoms in total. The van der Waals surface area contributed by atoms with Gasteiger partial charge in [0, 0.05) is 39.1 Å². The number of hydrogen-bond acceptors (Lipinski definition) is 1. The van der Waals surface area contributed by atoms with E-state index in [4.69, 9.17) is 0 Å². The van der Waals surface area contributed by atoms with Gasteiger partial charge in [0.25, 0.3) is 0 Å². The molecule has 0 unspecified atom stereocenters. The summed E-state index contributed by atoms with van der Waals surface area (Å²) in [7, 11) is 0. The van der Waals surface area contributed by atoms with E-state index < -0.39 is 0 Å². The van der Waals surface area contributed by atoms with Gasteiger partial charge in [-0.1, -0.05) is 6.92 Å². The molecule has 0 saturated heterocycles. The summed E-state index contributed by atoms with van der Waals surface area (Å²) in [6.07, 6.45) is 2.61. The molecule has 0 bridgehead atoms. The van der Waals surface area contributed by atoms with Gasteiger partial charge in [-0.2, -0.15) is 0 Å². The number of aldehydes is 1. The van der Waals surface area contributed by atoms with Gasteiger partial charge < -0.3 is 12.2 Å². The first kappa shape index (κ1) is 15.7. The van der Waals surface area contributed by atoms with Crippen molar-refractivity contribution in [2.45, 2.75) is 19.8 Å². The maximum atomic E-state index is 9.40. The van der Waals surface area contributed by atoms with Crippen molar-refractivity contribution in [1.82, 2.24) is 0 Å². The monoisotopic (exact) mass is 176 g/mol. The van der Waals surface area contributed by atoms with E-state index in [1.807, 2.05) is 6.92 Å². The Morgan fingerprint density at radius 2 is 2.00 bits per heavy atom. The zero-order valence-corrected chi connectivity index (χ0v) is 7.82. The summed E-state index contributed by atoms with van der Waals surface area (Å²) in [6.45, 7) is 1.98. The minimum absolute atomic E-state index is 0. The normalized spacial score (nSPS) is 5.29. The minimum Gasteiger partial charge on any atom is -0.358 e. The number of hydrogen-bond donors (Lipinski definition) is 0. The zero-order chi connectivity index (χ0) is 4.12. The van der Waals surface area contributed by atoms with E-state index in [1.54, 1.807) is 0 Å². The van der Waals surface area contributed by atoms with Crippen LogP contribution in [0.15, 0.2) is 0 Å². The number of unbranched alkanes of at least 4 members (excludes halogenated alkanes) is 1. The van der Waals surface area contributed by atoms with Crippen molar-refractivity contribution in [2.24, 2.45) is 0 Å². The third kappa shape index (κ3) is 20.1. The Balaban J connectivity index is -0.0000000800. The summed E-state index contributed by atoms with van der Waals surface area (Å²) in [5, 5.41) is 0. The van der Waals surface area contributed by atoms with Crippen LogP contribution in [0.2, 0.25) is 0 Å². The van der Waals surface area contributed by atoms with E-state index in [9.17, 15) is 4.79 Å². The molecular formula is C5H11OY-. The van der Waals surface area contributed by atoms with E-state index in [0.29, 0.717) is 6.42 Å². The van der Waals surface area contributed by atoms with Crippen LogP contribution in [0.4, 0.5) is 0 Å². The number of carbonyl (C=O) groups is 1. The number of carbonyl (C=O) groups excluding carboxylic acids is 1. The van der Waals surface area contributed by atoms with Gasteiger partial charge in [-0.15, -0.1) is 0 Å². The molecule has 0 aromatic carbocycles. The van der Waals surface area contributed by atoms with Gasteiger partial charge in [-0.05, 0) is 6.42 Å². The van der Waals surface area contributed by atoms with Crippen molar-refractivity contribution in [3.05, 3.63) is 7.43 Å². The van der Waals surface area contributed by atoms with Crippen LogP contribution in [0.5, 0.6) is 0 Å². The Kier molecular flexibility index (Phi) is 35.5.